The fourth-order valence-electron chi connectivity index (χ4n) is 1.73. The molecule has 3 N–H and O–H groups in total. The van der Waals surface area contributed by atoms with Gasteiger partial charge in [-0.2, -0.15) is 5.10 Å². The monoisotopic (exact) mass is 413 g/mol. The average Bonchev–Trinajstić information content (AvgIpc) is 2.98. The van der Waals surface area contributed by atoms with Gasteiger partial charge in [-0.15, -0.1) is 10.2 Å². The fraction of sp³-hybridized carbons (Fsp3) is 0.286. The van der Waals surface area contributed by atoms with Crippen LogP contribution < -0.4 is 20.6 Å². The zero-order valence-electron chi connectivity index (χ0n) is 12.9. The molecule has 0 atom stereocenters. The molecule has 0 radical (unpaired) electrons. The maximum Gasteiger partial charge on any atom is 0.247 e. The minimum absolute atomic E-state index is 0.0782. The molecule has 0 aliphatic carbocycles. The van der Waals surface area contributed by atoms with Gasteiger partial charge in [-0.25, -0.2) is 5.43 Å². The predicted octanol–water partition coefficient (Wildman–Crippen LogP) is 1.60. The Bertz CT molecular complexity index is 722. The lowest BCUT2D eigenvalue weighted by molar-refractivity contribution is -0.120. The van der Waals surface area contributed by atoms with Gasteiger partial charge in [0.15, 0.2) is 11.5 Å². The Hall–Kier alpha value is -2.20. The Morgan fingerprint density at radius 3 is 2.96 bits per heavy atom. The average molecular weight is 414 g/mol. The number of nitrogens with zero attached hydrogens (tertiary/aromatic N) is 3. The van der Waals surface area contributed by atoms with E-state index in [9.17, 15) is 4.79 Å². The number of carbonyl (C=O) groups excluding carboxylic acids is 1. The van der Waals surface area contributed by atoms with Crippen LogP contribution in [0.1, 0.15) is 10.6 Å². The van der Waals surface area contributed by atoms with Gasteiger partial charge in [-0.1, -0.05) is 27.3 Å². The molecule has 0 fully saturated rings. The maximum absolute atomic E-state index is 11.7. The molecule has 1 heterocycles. The smallest absolute Gasteiger partial charge is 0.247 e. The summed E-state index contributed by atoms with van der Waals surface area (Å²) in [6, 6.07) is 5.37. The second kappa shape index (κ2) is 9.18. The summed E-state index contributed by atoms with van der Waals surface area (Å²) < 4.78 is 10.8. The number of rotatable bonds is 8. The number of benzene rings is 1. The van der Waals surface area contributed by atoms with Gasteiger partial charge < -0.3 is 15.2 Å². The lowest BCUT2D eigenvalue weighted by atomic mass is 10.2. The van der Waals surface area contributed by atoms with Crippen LogP contribution in [0, 0.1) is 0 Å². The van der Waals surface area contributed by atoms with E-state index in [0.717, 1.165) is 10.9 Å². The summed E-state index contributed by atoms with van der Waals surface area (Å²) in [4.78, 5) is 11.7. The number of nitrogens with two attached hydrogens (primary N) is 1. The van der Waals surface area contributed by atoms with Crippen LogP contribution in [-0.2, 0) is 11.2 Å². The Morgan fingerprint density at radius 2 is 2.29 bits per heavy atom. The highest BCUT2D eigenvalue weighted by Crippen LogP contribution is 2.27. The number of amides is 1. The minimum Gasteiger partial charge on any atom is -0.493 e. The number of hydrogen-bond acceptors (Lipinski definition) is 8. The van der Waals surface area contributed by atoms with Crippen LogP contribution in [0.5, 0.6) is 11.5 Å². The number of hydrazone groups is 1. The highest BCUT2D eigenvalue weighted by atomic mass is 79.9. The summed E-state index contributed by atoms with van der Waals surface area (Å²) in [6.45, 7) is 0.538. The summed E-state index contributed by atoms with van der Waals surface area (Å²) >= 11 is 4.47. The minimum atomic E-state index is -0.299. The van der Waals surface area contributed by atoms with Gasteiger partial charge in [-0.3, -0.25) is 4.79 Å². The zero-order chi connectivity index (χ0) is 17.4. The number of anilines is 1. The molecule has 1 aromatic carbocycles. The van der Waals surface area contributed by atoms with Crippen LogP contribution >= 0.6 is 27.3 Å². The SMILES string of the molecule is COc1cc(/C=N/NC(=O)Cc2nnc(N)s2)ccc1OCCBr. The third kappa shape index (κ3) is 5.46. The van der Waals surface area contributed by atoms with Gasteiger partial charge in [0.1, 0.15) is 5.01 Å². The van der Waals surface area contributed by atoms with Crippen molar-refractivity contribution in [3.8, 4) is 11.5 Å². The first-order chi connectivity index (χ1) is 11.6. The molecular weight excluding hydrogens is 398 g/mol. The van der Waals surface area contributed by atoms with Crippen LogP contribution in [0.2, 0.25) is 0 Å². The van der Waals surface area contributed by atoms with Crippen LogP contribution in [0.25, 0.3) is 0 Å². The molecule has 24 heavy (non-hydrogen) atoms. The number of nitrogen functional groups attached to an aromatic ring is 1. The first kappa shape index (κ1) is 18.1. The maximum atomic E-state index is 11.7. The largest absolute Gasteiger partial charge is 0.493 e. The number of aromatic nitrogens is 2. The molecule has 0 spiro atoms. The number of halogens is 1. The number of ether oxygens (including phenoxy) is 2. The molecule has 1 aromatic heterocycles. The van der Waals surface area contributed by atoms with Crippen molar-refractivity contribution in [2.45, 2.75) is 6.42 Å². The lowest BCUT2D eigenvalue weighted by Crippen LogP contribution is -2.19. The van der Waals surface area contributed by atoms with Crippen LogP contribution in [0.3, 0.4) is 0 Å². The van der Waals surface area contributed by atoms with E-state index in [1.54, 1.807) is 19.2 Å². The highest BCUT2D eigenvalue weighted by Gasteiger charge is 2.07. The second-order valence-corrected chi connectivity index (χ2v) is 6.34. The van der Waals surface area contributed by atoms with Gasteiger partial charge in [0.25, 0.3) is 0 Å². The van der Waals surface area contributed by atoms with Crippen molar-refractivity contribution in [2.24, 2.45) is 5.10 Å². The van der Waals surface area contributed by atoms with Crippen LogP contribution in [0.4, 0.5) is 5.13 Å². The van der Waals surface area contributed by atoms with E-state index in [0.29, 0.717) is 28.2 Å². The van der Waals surface area contributed by atoms with Crippen molar-refractivity contribution >= 4 is 44.5 Å². The van der Waals surface area contributed by atoms with Gasteiger partial charge in [0.05, 0.1) is 26.4 Å². The number of methoxy groups -OCH3 is 1. The molecule has 1 amide bonds. The van der Waals surface area contributed by atoms with Gasteiger partial charge in [-0.05, 0) is 23.8 Å². The standard InChI is InChI=1S/C14H16BrN5O3S/c1-22-11-6-9(2-3-10(11)23-5-4-15)8-17-18-12(21)7-13-19-20-14(16)24-13/h2-3,6,8H,4-5,7H2,1H3,(H2,16,20)(H,18,21)/b17-8+. The summed E-state index contributed by atoms with van der Waals surface area (Å²) in [5.41, 5.74) is 8.65. The number of alkyl halides is 1. The predicted molar refractivity (Wildman–Crippen MR) is 96.0 cm³/mol. The van der Waals surface area contributed by atoms with Gasteiger partial charge in [0, 0.05) is 5.33 Å². The van der Waals surface area contributed by atoms with Crippen LogP contribution in [0.15, 0.2) is 23.3 Å². The molecule has 0 unspecified atom stereocenters. The van der Waals surface area contributed by atoms with Crippen molar-refractivity contribution < 1.29 is 14.3 Å². The molecule has 2 aromatic rings. The molecule has 2 rings (SSSR count). The highest BCUT2D eigenvalue weighted by molar-refractivity contribution is 9.09. The number of nitrogens with one attached hydrogen (secondary N) is 1. The van der Waals surface area contributed by atoms with E-state index in [4.69, 9.17) is 15.2 Å². The zero-order valence-corrected chi connectivity index (χ0v) is 15.3. The number of carbonyl (C=O) groups is 1. The molecule has 0 aliphatic heterocycles. The third-order valence-corrected chi connectivity index (χ3v) is 3.80. The molecule has 0 saturated carbocycles. The molecule has 0 bridgehead atoms. The molecule has 0 saturated heterocycles. The first-order valence-corrected chi connectivity index (χ1v) is 8.82. The Balaban J connectivity index is 1.92. The first-order valence-electron chi connectivity index (χ1n) is 6.89. The third-order valence-electron chi connectivity index (χ3n) is 2.72. The van der Waals surface area contributed by atoms with Crippen LogP contribution in [-0.4, -0.2) is 41.4 Å². The van der Waals surface area contributed by atoms with Crippen molar-refractivity contribution in [3.05, 3.63) is 28.8 Å². The van der Waals surface area contributed by atoms with E-state index >= 15 is 0 Å². The second-order valence-electron chi connectivity index (χ2n) is 4.45. The quantitative estimate of drug-likeness (QED) is 0.386. The molecule has 8 nitrogen and oxygen atoms in total. The molecule has 10 heteroatoms. The lowest BCUT2D eigenvalue weighted by Gasteiger charge is -2.10. The van der Waals surface area contributed by atoms with Crippen molar-refractivity contribution in [1.29, 1.82) is 0 Å². The van der Waals surface area contributed by atoms with Crippen molar-refractivity contribution in [2.75, 3.05) is 24.8 Å². The summed E-state index contributed by atoms with van der Waals surface area (Å²) in [6.07, 6.45) is 1.60. The van der Waals surface area contributed by atoms with Crippen molar-refractivity contribution in [3.63, 3.8) is 0 Å². The Morgan fingerprint density at radius 1 is 1.46 bits per heavy atom. The van der Waals surface area contributed by atoms with E-state index in [-0.39, 0.29) is 12.3 Å². The van der Waals surface area contributed by atoms with E-state index in [2.05, 4.69) is 36.7 Å². The molecule has 128 valence electrons. The summed E-state index contributed by atoms with van der Waals surface area (Å²) in [5, 5.41) is 12.9. The van der Waals surface area contributed by atoms with Crippen molar-refractivity contribution in [1.82, 2.24) is 15.6 Å². The Labute approximate surface area is 151 Å². The van der Waals surface area contributed by atoms with Gasteiger partial charge in [0.2, 0.25) is 11.0 Å². The van der Waals surface area contributed by atoms with Gasteiger partial charge >= 0.3 is 0 Å². The van der Waals surface area contributed by atoms with E-state index in [1.807, 2.05) is 6.07 Å². The number of hydrogen-bond donors (Lipinski definition) is 2. The topological polar surface area (TPSA) is 112 Å². The molecule has 0 aliphatic rings. The summed E-state index contributed by atoms with van der Waals surface area (Å²) in [5.74, 6) is 0.939. The normalized spacial score (nSPS) is 10.8. The Kier molecular flexibility index (Phi) is 6.94. The molecular formula is C14H16BrN5O3S. The van der Waals surface area contributed by atoms with E-state index in [1.165, 1.54) is 17.6 Å². The summed E-state index contributed by atoms with van der Waals surface area (Å²) in [7, 11) is 1.56. The van der Waals surface area contributed by atoms with E-state index < -0.39 is 0 Å². The fourth-order valence-corrected chi connectivity index (χ4v) is 2.50.